The third kappa shape index (κ3) is 0.993. The van der Waals surface area contributed by atoms with Gasteiger partial charge in [0.15, 0.2) is 5.79 Å². The lowest BCUT2D eigenvalue weighted by molar-refractivity contribution is -0.307. The smallest absolute Gasteiger partial charge is 0.179 e. The van der Waals surface area contributed by atoms with Crippen LogP contribution in [0, 0.1) is 11.8 Å². The third-order valence-corrected chi connectivity index (χ3v) is 2.61. The first kappa shape index (κ1) is 8.68. The molecule has 1 rings (SSSR count). The van der Waals surface area contributed by atoms with Gasteiger partial charge < -0.3 is 14.3 Å². The Morgan fingerprint density at radius 1 is 1.45 bits per heavy atom. The largest absolute Gasteiger partial charge is 0.352 e. The minimum atomic E-state index is -0.637. The van der Waals surface area contributed by atoms with E-state index in [1.807, 2.05) is 6.92 Å². The number of aldehydes is 1. The van der Waals surface area contributed by atoms with E-state index >= 15 is 0 Å². The molecule has 1 saturated carbocycles. The Hall–Kier alpha value is -0.410. The standard InChI is InChI=1S/C8H14O3/c1-6-4-7(5-9)8(6,10-2)11-3/h5-7H,4H2,1-3H3. The molecule has 2 unspecified atom stereocenters. The first-order valence-electron chi connectivity index (χ1n) is 3.76. The van der Waals surface area contributed by atoms with Crippen molar-refractivity contribution < 1.29 is 14.3 Å². The van der Waals surface area contributed by atoms with Gasteiger partial charge in [-0.3, -0.25) is 0 Å². The molecule has 0 saturated heterocycles. The molecule has 0 bridgehead atoms. The van der Waals surface area contributed by atoms with Gasteiger partial charge in [-0.05, 0) is 6.42 Å². The van der Waals surface area contributed by atoms with Crippen LogP contribution in [0.15, 0.2) is 0 Å². The highest BCUT2D eigenvalue weighted by atomic mass is 16.7. The summed E-state index contributed by atoms with van der Waals surface area (Å²) < 4.78 is 10.4. The number of methoxy groups -OCH3 is 2. The second-order valence-electron chi connectivity index (χ2n) is 3.01. The fraction of sp³-hybridized carbons (Fsp3) is 0.875. The Bertz CT molecular complexity index is 151. The molecule has 0 N–H and O–H groups in total. The normalized spacial score (nSPS) is 34.5. The lowest BCUT2D eigenvalue weighted by atomic mass is 9.70. The summed E-state index contributed by atoms with van der Waals surface area (Å²) in [5, 5.41) is 0. The van der Waals surface area contributed by atoms with Crippen molar-refractivity contribution >= 4 is 6.29 Å². The van der Waals surface area contributed by atoms with E-state index in [2.05, 4.69) is 0 Å². The summed E-state index contributed by atoms with van der Waals surface area (Å²) in [7, 11) is 3.16. The van der Waals surface area contributed by atoms with Crippen molar-refractivity contribution in [2.75, 3.05) is 14.2 Å². The first-order chi connectivity index (χ1) is 5.21. The van der Waals surface area contributed by atoms with Crippen LogP contribution in [0.4, 0.5) is 0 Å². The van der Waals surface area contributed by atoms with Crippen molar-refractivity contribution in [2.45, 2.75) is 19.1 Å². The summed E-state index contributed by atoms with van der Waals surface area (Å²) in [5.41, 5.74) is 0. The summed E-state index contributed by atoms with van der Waals surface area (Å²) in [4.78, 5) is 10.5. The highest BCUT2D eigenvalue weighted by Crippen LogP contribution is 2.45. The maximum atomic E-state index is 10.5. The lowest BCUT2D eigenvalue weighted by Gasteiger charge is -2.49. The zero-order valence-corrected chi connectivity index (χ0v) is 7.16. The van der Waals surface area contributed by atoms with Crippen LogP contribution in [0.5, 0.6) is 0 Å². The molecule has 64 valence electrons. The van der Waals surface area contributed by atoms with Crippen molar-refractivity contribution in [1.82, 2.24) is 0 Å². The molecule has 0 aliphatic heterocycles. The summed E-state index contributed by atoms with van der Waals surface area (Å²) >= 11 is 0. The monoisotopic (exact) mass is 158 g/mol. The minimum absolute atomic E-state index is 0.0903. The van der Waals surface area contributed by atoms with Crippen LogP contribution >= 0.6 is 0 Å². The fourth-order valence-electron chi connectivity index (χ4n) is 1.85. The fourth-order valence-corrected chi connectivity index (χ4v) is 1.85. The molecule has 1 aliphatic rings. The number of rotatable bonds is 3. The van der Waals surface area contributed by atoms with Gasteiger partial charge in [-0.15, -0.1) is 0 Å². The van der Waals surface area contributed by atoms with Gasteiger partial charge in [0.1, 0.15) is 6.29 Å². The van der Waals surface area contributed by atoms with E-state index < -0.39 is 5.79 Å². The highest BCUT2D eigenvalue weighted by molar-refractivity contribution is 5.57. The Kier molecular flexibility index (Phi) is 2.30. The van der Waals surface area contributed by atoms with Gasteiger partial charge in [-0.25, -0.2) is 0 Å². The molecule has 1 aliphatic carbocycles. The molecule has 0 spiro atoms. The molecule has 1 fully saturated rings. The second kappa shape index (κ2) is 2.91. The predicted octanol–water partition coefficient (Wildman–Crippen LogP) is 0.830. The van der Waals surface area contributed by atoms with Crippen LogP contribution < -0.4 is 0 Å². The zero-order valence-electron chi connectivity index (χ0n) is 7.16. The Morgan fingerprint density at radius 2 is 2.00 bits per heavy atom. The van der Waals surface area contributed by atoms with Gasteiger partial charge in [0.2, 0.25) is 0 Å². The first-order valence-corrected chi connectivity index (χ1v) is 3.76. The quantitative estimate of drug-likeness (QED) is 0.451. The molecule has 2 atom stereocenters. The Balaban J connectivity index is 2.70. The summed E-state index contributed by atoms with van der Waals surface area (Å²) in [6.45, 7) is 2.02. The van der Waals surface area contributed by atoms with E-state index in [9.17, 15) is 4.79 Å². The number of hydrogen-bond acceptors (Lipinski definition) is 3. The van der Waals surface area contributed by atoms with Crippen LogP contribution in [0.25, 0.3) is 0 Å². The molecule has 0 aromatic heterocycles. The molecular weight excluding hydrogens is 144 g/mol. The molecular formula is C8H14O3. The van der Waals surface area contributed by atoms with E-state index in [0.717, 1.165) is 12.7 Å². The van der Waals surface area contributed by atoms with Gasteiger partial charge >= 0.3 is 0 Å². The molecule has 3 nitrogen and oxygen atoms in total. The van der Waals surface area contributed by atoms with Crippen molar-refractivity contribution in [3.05, 3.63) is 0 Å². The van der Waals surface area contributed by atoms with E-state index in [4.69, 9.17) is 9.47 Å². The van der Waals surface area contributed by atoms with Gasteiger partial charge in [-0.1, -0.05) is 6.92 Å². The highest BCUT2D eigenvalue weighted by Gasteiger charge is 2.54. The van der Waals surface area contributed by atoms with Crippen molar-refractivity contribution in [3.63, 3.8) is 0 Å². The summed E-state index contributed by atoms with van der Waals surface area (Å²) in [5.74, 6) is -0.415. The van der Waals surface area contributed by atoms with Gasteiger partial charge in [0.05, 0.1) is 5.92 Å². The van der Waals surface area contributed by atoms with E-state index in [1.165, 1.54) is 0 Å². The Morgan fingerprint density at radius 3 is 2.18 bits per heavy atom. The lowest BCUT2D eigenvalue weighted by Crippen LogP contribution is -2.57. The second-order valence-corrected chi connectivity index (χ2v) is 3.01. The topological polar surface area (TPSA) is 35.5 Å². The molecule has 0 aromatic rings. The van der Waals surface area contributed by atoms with Gasteiger partial charge in [0, 0.05) is 20.1 Å². The average Bonchev–Trinajstić information content (AvgIpc) is 2.02. The number of carbonyl (C=O) groups excluding carboxylic acids is 1. The Labute approximate surface area is 66.7 Å². The van der Waals surface area contributed by atoms with Crippen molar-refractivity contribution in [3.8, 4) is 0 Å². The maximum absolute atomic E-state index is 10.5. The molecule has 0 heterocycles. The van der Waals surface area contributed by atoms with Gasteiger partial charge in [0.25, 0.3) is 0 Å². The maximum Gasteiger partial charge on any atom is 0.179 e. The van der Waals surface area contributed by atoms with Crippen LogP contribution in [-0.4, -0.2) is 26.3 Å². The number of ether oxygens (including phenoxy) is 2. The van der Waals surface area contributed by atoms with E-state index in [1.54, 1.807) is 14.2 Å². The van der Waals surface area contributed by atoms with E-state index in [0.29, 0.717) is 5.92 Å². The molecule has 11 heavy (non-hydrogen) atoms. The molecule has 0 radical (unpaired) electrons. The van der Waals surface area contributed by atoms with Crippen molar-refractivity contribution in [1.29, 1.82) is 0 Å². The number of carbonyl (C=O) groups is 1. The average molecular weight is 158 g/mol. The van der Waals surface area contributed by atoms with Gasteiger partial charge in [-0.2, -0.15) is 0 Å². The SMILES string of the molecule is COC1(OC)C(C)CC1C=O. The van der Waals surface area contributed by atoms with Crippen molar-refractivity contribution in [2.24, 2.45) is 11.8 Å². The molecule has 0 aromatic carbocycles. The summed E-state index contributed by atoms with van der Waals surface area (Å²) in [6.07, 6.45) is 1.78. The third-order valence-electron chi connectivity index (χ3n) is 2.61. The predicted molar refractivity (Wildman–Crippen MR) is 40.1 cm³/mol. The van der Waals surface area contributed by atoms with E-state index in [-0.39, 0.29) is 5.92 Å². The summed E-state index contributed by atoms with van der Waals surface area (Å²) in [6, 6.07) is 0. The van der Waals surface area contributed by atoms with Crippen LogP contribution in [-0.2, 0) is 14.3 Å². The number of hydrogen-bond donors (Lipinski definition) is 0. The van der Waals surface area contributed by atoms with Crippen LogP contribution in [0.3, 0.4) is 0 Å². The molecule has 0 amide bonds. The van der Waals surface area contributed by atoms with Crippen LogP contribution in [0.2, 0.25) is 0 Å². The molecule has 3 heteroatoms. The van der Waals surface area contributed by atoms with Crippen LogP contribution in [0.1, 0.15) is 13.3 Å². The zero-order chi connectivity index (χ0) is 8.48. The minimum Gasteiger partial charge on any atom is -0.352 e.